The molecule has 0 unspecified atom stereocenters. The first-order valence-electron chi connectivity index (χ1n) is 11.3. The van der Waals surface area contributed by atoms with Crippen molar-refractivity contribution >= 4 is 23.6 Å². The number of nitrogens with zero attached hydrogens (tertiary/aromatic N) is 2. The highest BCUT2D eigenvalue weighted by molar-refractivity contribution is 6.23. The van der Waals surface area contributed by atoms with Crippen LogP contribution >= 0.6 is 0 Å². The second-order valence-corrected chi connectivity index (χ2v) is 8.53. The van der Waals surface area contributed by atoms with E-state index in [2.05, 4.69) is 0 Å². The smallest absolute Gasteiger partial charge is 0.418 e. The summed E-state index contributed by atoms with van der Waals surface area (Å²) >= 11 is 0. The lowest BCUT2D eigenvalue weighted by Crippen LogP contribution is -2.24. The molecule has 1 aliphatic heterocycles. The Morgan fingerprint density at radius 3 is 2.22 bits per heavy atom. The molecular formula is C28H25F3N2O4. The van der Waals surface area contributed by atoms with Crippen LogP contribution in [0.5, 0.6) is 5.75 Å². The second-order valence-electron chi connectivity index (χ2n) is 8.53. The molecule has 0 saturated heterocycles. The van der Waals surface area contributed by atoms with Gasteiger partial charge in [0.05, 0.1) is 36.6 Å². The van der Waals surface area contributed by atoms with Gasteiger partial charge in [-0.3, -0.25) is 9.69 Å². The van der Waals surface area contributed by atoms with E-state index in [-0.39, 0.29) is 16.8 Å². The predicted molar refractivity (Wildman–Crippen MR) is 133 cm³/mol. The molecule has 9 heteroatoms. The van der Waals surface area contributed by atoms with Gasteiger partial charge < -0.3 is 14.0 Å². The third-order valence-corrected chi connectivity index (χ3v) is 6.34. The first kappa shape index (κ1) is 25.8. The molecule has 0 fully saturated rings. The maximum Gasteiger partial charge on any atom is 0.418 e. The van der Waals surface area contributed by atoms with Crippen LogP contribution in [0.2, 0.25) is 0 Å². The lowest BCUT2D eigenvalue weighted by molar-refractivity contribution is -0.137. The van der Waals surface area contributed by atoms with E-state index >= 15 is 0 Å². The summed E-state index contributed by atoms with van der Waals surface area (Å²) in [5, 5.41) is 0. The number of halogens is 3. The Morgan fingerprint density at radius 2 is 1.62 bits per heavy atom. The minimum Gasteiger partial charge on any atom is -0.497 e. The zero-order chi connectivity index (χ0) is 27.1. The molecule has 0 radical (unpaired) electrons. The zero-order valence-electron chi connectivity index (χ0n) is 20.9. The van der Waals surface area contributed by atoms with E-state index in [9.17, 15) is 22.8 Å². The van der Waals surface area contributed by atoms with Gasteiger partial charge in [-0.1, -0.05) is 12.1 Å². The summed E-state index contributed by atoms with van der Waals surface area (Å²) in [6, 6.07) is 13.8. The number of anilines is 1. The molecule has 0 spiro atoms. The van der Waals surface area contributed by atoms with Gasteiger partial charge in [0, 0.05) is 22.8 Å². The van der Waals surface area contributed by atoms with Gasteiger partial charge in [0.15, 0.2) is 0 Å². The summed E-state index contributed by atoms with van der Waals surface area (Å²) in [6.07, 6.45) is -3.02. The van der Waals surface area contributed by atoms with Gasteiger partial charge in [-0.15, -0.1) is 0 Å². The first-order valence-corrected chi connectivity index (χ1v) is 11.3. The highest BCUT2D eigenvalue weighted by Crippen LogP contribution is 2.38. The van der Waals surface area contributed by atoms with Gasteiger partial charge >= 0.3 is 12.1 Å². The van der Waals surface area contributed by atoms with Gasteiger partial charge in [0.2, 0.25) is 0 Å². The summed E-state index contributed by atoms with van der Waals surface area (Å²) in [5.74, 6) is -0.541. The Balaban J connectivity index is 1.86. The zero-order valence-corrected chi connectivity index (χ0v) is 20.9. The Labute approximate surface area is 212 Å². The van der Waals surface area contributed by atoms with Crippen LogP contribution in [0.25, 0.3) is 11.8 Å². The fourth-order valence-electron chi connectivity index (χ4n) is 4.59. The Bertz CT molecular complexity index is 1450. The van der Waals surface area contributed by atoms with Gasteiger partial charge in [-0.25, -0.2) is 4.79 Å². The summed E-state index contributed by atoms with van der Waals surface area (Å²) in [7, 11) is 2.75. The second kappa shape index (κ2) is 9.65. The van der Waals surface area contributed by atoms with Crippen LogP contribution in [-0.4, -0.2) is 30.7 Å². The molecule has 0 atom stereocenters. The van der Waals surface area contributed by atoms with E-state index in [1.807, 2.05) is 0 Å². The van der Waals surface area contributed by atoms with Crippen LogP contribution in [0.3, 0.4) is 0 Å². The Hall–Kier alpha value is -4.27. The molecule has 2 heterocycles. The minimum absolute atomic E-state index is 0.0211. The molecule has 1 amide bonds. The molecule has 0 bridgehead atoms. The highest BCUT2D eigenvalue weighted by Gasteiger charge is 2.38. The van der Waals surface area contributed by atoms with E-state index in [1.165, 1.54) is 48.0 Å². The number of para-hydroxylation sites is 1. The van der Waals surface area contributed by atoms with Crippen LogP contribution < -0.4 is 9.64 Å². The van der Waals surface area contributed by atoms with E-state index in [0.29, 0.717) is 34.1 Å². The van der Waals surface area contributed by atoms with Crippen molar-refractivity contribution in [2.75, 3.05) is 19.1 Å². The highest BCUT2D eigenvalue weighted by atomic mass is 19.4. The number of esters is 1. The summed E-state index contributed by atoms with van der Waals surface area (Å²) in [4.78, 5) is 27.7. The molecular weight excluding hydrogens is 485 g/mol. The monoisotopic (exact) mass is 510 g/mol. The molecule has 1 aromatic heterocycles. The standard InChI is InChI=1S/C28H25F3N2O4/c1-16-14-19(17(2)32(16)24-9-7-6-8-23(24)28(29,30)31)15-22-25(27(35)37-5)18(3)33(26(22)34)20-10-12-21(36-4)13-11-20/h6-15H,1-5H3/b22-15-. The molecule has 0 aliphatic carbocycles. The molecule has 192 valence electrons. The normalized spacial score (nSPS) is 15.1. The van der Waals surface area contributed by atoms with Crippen LogP contribution in [-0.2, 0) is 20.5 Å². The SMILES string of the molecule is COC(=O)C1=C(C)N(c2ccc(OC)cc2)C(=O)/C1=C\c1cc(C)n(-c2ccccc2C(F)(F)F)c1C. The fourth-order valence-corrected chi connectivity index (χ4v) is 4.59. The Morgan fingerprint density at radius 1 is 0.973 bits per heavy atom. The number of amides is 1. The number of allylic oxidation sites excluding steroid dienone is 1. The van der Waals surface area contributed by atoms with Crippen LogP contribution in [0.15, 0.2) is 71.4 Å². The molecule has 3 aromatic rings. The van der Waals surface area contributed by atoms with E-state index in [1.54, 1.807) is 51.1 Å². The average Bonchev–Trinajstić information content (AvgIpc) is 3.28. The molecule has 0 saturated carbocycles. The van der Waals surface area contributed by atoms with E-state index in [0.717, 1.165) is 6.07 Å². The van der Waals surface area contributed by atoms with Crippen molar-refractivity contribution in [3.05, 3.63) is 94.0 Å². The number of aryl methyl sites for hydroxylation is 1. The van der Waals surface area contributed by atoms with Crippen LogP contribution in [0.1, 0.15) is 29.4 Å². The van der Waals surface area contributed by atoms with Gasteiger partial charge in [0.1, 0.15) is 5.75 Å². The number of carbonyl (C=O) groups excluding carboxylic acids is 2. The molecule has 37 heavy (non-hydrogen) atoms. The van der Waals surface area contributed by atoms with Crippen molar-refractivity contribution in [1.29, 1.82) is 0 Å². The molecule has 1 aliphatic rings. The number of alkyl halides is 3. The van der Waals surface area contributed by atoms with Crippen molar-refractivity contribution in [2.24, 2.45) is 0 Å². The van der Waals surface area contributed by atoms with Crippen LogP contribution in [0, 0.1) is 13.8 Å². The van der Waals surface area contributed by atoms with Crippen molar-refractivity contribution < 1.29 is 32.2 Å². The number of methoxy groups -OCH3 is 2. The maximum atomic E-state index is 13.7. The number of rotatable bonds is 5. The van der Waals surface area contributed by atoms with Gasteiger partial charge in [-0.05, 0) is 74.9 Å². The molecule has 0 N–H and O–H groups in total. The predicted octanol–water partition coefficient (Wildman–Crippen LogP) is 6.00. The first-order chi connectivity index (χ1) is 17.5. The lowest BCUT2D eigenvalue weighted by Gasteiger charge is -2.18. The number of aromatic nitrogens is 1. The van der Waals surface area contributed by atoms with Crippen molar-refractivity contribution in [1.82, 2.24) is 4.57 Å². The summed E-state index contributed by atoms with van der Waals surface area (Å²) in [6.45, 7) is 4.99. The minimum atomic E-state index is -4.55. The quantitative estimate of drug-likeness (QED) is 0.312. The third kappa shape index (κ3) is 4.52. The lowest BCUT2D eigenvalue weighted by atomic mass is 10.0. The average molecular weight is 511 g/mol. The van der Waals surface area contributed by atoms with Gasteiger partial charge in [0.25, 0.3) is 5.91 Å². The van der Waals surface area contributed by atoms with E-state index < -0.39 is 23.6 Å². The summed E-state index contributed by atoms with van der Waals surface area (Å²) in [5.41, 5.74) is 1.81. The number of ether oxygens (including phenoxy) is 2. The van der Waals surface area contributed by atoms with Gasteiger partial charge in [-0.2, -0.15) is 13.2 Å². The van der Waals surface area contributed by atoms with E-state index in [4.69, 9.17) is 9.47 Å². The number of hydrogen-bond acceptors (Lipinski definition) is 4. The van der Waals surface area contributed by atoms with Crippen LogP contribution in [0.4, 0.5) is 18.9 Å². The number of benzene rings is 2. The van der Waals surface area contributed by atoms with Crippen molar-refractivity contribution in [3.63, 3.8) is 0 Å². The third-order valence-electron chi connectivity index (χ3n) is 6.34. The summed E-state index contributed by atoms with van der Waals surface area (Å²) < 4.78 is 52.8. The Kier molecular flexibility index (Phi) is 6.73. The largest absolute Gasteiger partial charge is 0.497 e. The topological polar surface area (TPSA) is 60.8 Å². The number of hydrogen-bond donors (Lipinski definition) is 0. The molecule has 4 rings (SSSR count). The molecule has 2 aromatic carbocycles. The fraction of sp³-hybridized carbons (Fsp3) is 0.214. The maximum absolute atomic E-state index is 13.7. The molecule has 6 nitrogen and oxygen atoms in total. The van der Waals surface area contributed by atoms with Crippen molar-refractivity contribution in [3.8, 4) is 11.4 Å². The van der Waals surface area contributed by atoms with Crippen molar-refractivity contribution in [2.45, 2.75) is 26.9 Å². The number of carbonyl (C=O) groups is 2.